The average molecular weight is 595 g/mol. The van der Waals surface area contributed by atoms with Gasteiger partial charge < -0.3 is 9.64 Å². The molecule has 2 fully saturated rings. The van der Waals surface area contributed by atoms with Crippen molar-refractivity contribution >= 4 is 35.1 Å². The van der Waals surface area contributed by atoms with E-state index in [1.807, 2.05) is 29.3 Å². The Balaban J connectivity index is 1.46. The van der Waals surface area contributed by atoms with Crippen molar-refractivity contribution in [2.45, 2.75) is 25.8 Å². The van der Waals surface area contributed by atoms with Gasteiger partial charge in [0, 0.05) is 47.4 Å². The van der Waals surface area contributed by atoms with Crippen molar-refractivity contribution in [3.8, 4) is 22.5 Å². The number of tetrazole rings is 1. The summed E-state index contributed by atoms with van der Waals surface area (Å²) in [6, 6.07) is 14.7. The minimum Gasteiger partial charge on any atom is -0.378 e. The second kappa shape index (κ2) is 12.5. The van der Waals surface area contributed by atoms with Crippen LogP contribution in [0, 0.1) is 0 Å². The first kappa shape index (κ1) is 27.5. The molecule has 2 saturated heterocycles. The van der Waals surface area contributed by atoms with Crippen LogP contribution >= 0.6 is 23.2 Å². The Hall–Kier alpha value is -3.64. The average Bonchev–Trinajstić information content (AvgIpc) is 3.47. The van der Waals surface area contributed by atoms with Gasteiger partial charge >= 0.3 is 0 Å². The van der Waals surface area contributed by atoms with Crippen molar-refractivity contribution in [1.29, 1.82) is 0 Å². The van der Waals surface area contributed by atoms with Gasteiger partial charge in [-0.25, -0.2) is 19.7 Å². The summed E-state index contributed by atoms with van der Waals surface area (Å²) in [5.74, 6) is 0.264. The van der Waals surface area contributed by atoms with Crippen molar-refractivity contribution in [2.75, 3.05) is 44.3 Å². The predicted molar refractivity (Wildman–Crippen MR) is 156 cm³/mol. The molecule has 212 valence electrons. The van der Waals surface area contributed by atoms with Crippen molar-refractivity contribution in [1.82, 2.24) is 40.6 Å². The Morgan fingerprint density at radius 3 is 2.07 bits per heavy atom. The summed E-state index contributed by atoms with van der Waals surface area (Å²) in [7, 11) is 0. The van der Waals surface area contributed by atoms with Gasteiger partial charge in [0.1, 0.15) is 0 Å². The maximum absolute atomic E-state index is 13.8. The number of rotatable bonds is 7. The van der Waals surface area contributed by atoms with E-state index in [2.05, 4.69) is 25.9 Å². The Morgan fingerprint density at radius 1 is 0.829 bits per heavy atom. The van der Waals surface area contributed by atoms with Crippen LogP contribution in [0.4, 0.5) is 5.95 Å². The third kappa shape index (κ3) is 6.33. The largest absolute Gasteiger partial charge is 0.378 e. The maximum atomic E-state index is 13.8. The van der Waals surface area contributed by atoms with Gasteiger partial charge in [0.05, 0.1) is 36.8 Å². The number of carbonyl (C=O) groups is 1. The summed E-state index contributed by atoms with van der Waals surface area (Å²) in [5, 5.41) is 15.6. The molecule has 0 saturated carbocycles. The van der Waals surface area contributed by atoms with E-state index >= 15 is 0 Å². The van der Waals surface area contributed by atoms with Crippen molar-refractivity contribution < 1.29 is 9.53 Å². The number of piperidine rings is 1. The molecule has 0 unspecified atom stereocenters. The lowest BCUT2D eigenvalue weighted by Crippen LogP contribution is -2.45. The molecule has 0 aliphatic carbocycles. The van der Waals surface area contributed by atoms with Crippen LogP contribution < -0.4 is 10.3 Å². The molecule has 4 aromatic rings. The molecule has 2 aliphatic heterocycles. The summed E-state index contributed by atoms with van der Waals surface area (Å²) >= 11 is 12.4. The van der Waals surface area contributed by atoms with Crippen LogP contribution in [0.15, 0.2) is 48.5 Å². The highest BCUT2D eigenvalue weighted by atomic mass is 35.5. The molecule has 41 heavy (non-hydrogen) atoms. The smallest absolute Gasteiger partial charge is 0.286 e. The van der Waals surface area contributed by atoms with E-state index in [0.717, 1.165) is 43.5 Å². The molecular weight excluding hydrogens is 565 g/mol. The molecule has 11 nitrogen and oxygen atoms in total. The second-order valence-corrected chi connectivity index (χ2v) is 10.8. The number of amides is 1. The SMILES string of the molecule is O=C(NN1CCCCC1)c1nc(-c2ccc(Cl)cc2)c(-c2ccc(Cl)cc2)nc1Cn1nnnc1N1CCOCC1. The number of ether oxygens (including phenoxy) is 1. The van der Waals surface area contributed by atoms with Crippen LogP contribution in [0.5, 0.6) is 0 Å². The van der Waals surface area contributed by atoms with E-state index in [4.69, 9.17) is 37.9 Å². The van der Waals surface area contributed by atoms with Crippen molar-refractivity contribution in [3.63, 3.8) is 0 Å². The quantitative estimate of drug-likeness (QED) is 0.338. The zero-order chi connectivity index (χ0) is 28.2. The summed E-state index contributed by atoms with van der Waals surface area (Å²) in [5.41, 5.74) is 6.46. The van der Waals surface area contributed by atoms with Crippen molar-refractivity contribution in [3.05, 3.63) is 70.0 Å². The normalized spacial score (nSPS) is 16.1. The van der Waals surface area contributed by atoms with Gasteiger partial charge in [-0.3, -0.25) is 10.2 Å². The van der Waals surface area contributed by atoms with Crippen LogP contribution in [-0.2, 0) is 11.3 Å². The standard InChI is InChI=1S/C28H29Cl2N9O2/c29-21-8-4-19(5-9-21)24-25(20-6-10-22(30)11-7-20)32-26(27(40)34-38-12-2-1-3-13-38)23(31-24)18-39-28(33-35-36-39)37-14-16-41-17-15-37/h4-11H,1-3,12-18H2,(H,34,40). The number of hydrogen-bond donors (Lipinski definition) is 1. The number of anilines is 1. The summed E-state index contributed by atoms with van der Waals surface area (Å²) in [6.07, 6.45) is 3.20. The molecular formula is C28H29Cl2N9O2. The summed E-state index contributed by atoms with van der Waals surface area (Å²) in [4.78, 5) is 25.9. The monoisotopic (exact) mass is 593 g/mol. The Labute approximate surface area is 247 Å². The van der Waals surface area contributed by atoms with Gasteiger partial charge in [-0.05, 0) is 47.5 Å². The first-order chi connectivity index (χ1) is 20.0. The number of halogens is 2. The zero-order valence-electron chi connectivity index (χ0n) is 22.3. The fourth-order valence-corrected chi connectivity index (χ4v) is 5.27. The molecule has 6 rings (SSSR count). The number of hydrogen-bond acceptors (Lipinski definition) is 9. The van der Waals surface area contributed by atoms with Crippen LogP contribution in [0.1, 0.15) is 35.4 Å². The van der Waals surface area contributed by atoms with Gasteiger partial charge in [-0.15, -0.1) is 0 Å². The lowest BCUT2D eigenvalue weighted by molar-refractivity contribution is 0.0743. The number of nitrogens with one attached hydrogen (secondary N) is 1. The molecule has 13 heteroatoms. The highest BCUT2D eigenvalue weighted by molar-refractivity contribution is 6.31. The number of aromatic nitrogens is 6. The van der Waals surface area contributed by atoms with E-state index in [1.165, 1.54) is 0 Å². The highest BCUT2D eigenvalue weighted by Gasteiger charge is 2.26. The fraction of sp³-hybridized carbons (Fsp3) is 0.357. The molecule has 1 amide bonds. The van der Waals surface area contributed by atoms with E-state index < -0.39 is 0 Å². The fourth-order valence-electron chi connectivity index (χ4n) is 5.02. The van der Waals surface area contributed by atoms with Crippen molar-refractivity contribution in [2.24, 2.45) is 0 Å². The van der Waals surface area contributed by atoms with Gasteiger partial charge in [-0.2, -0.15) is 0 Å². The summed E-state index contributed by atoms with van der Waals surface area (Å²) in [6.45, 7) is 4.24. The topological polar surface area (TPSA) is 114 Å². The van der Waals surface area contributed by atoms with E-state index in [-0.39, 0.29) is 18.1 Å². The Bertz CT molecular complexity index is 1500. The van der Waals surface area contributed by atoms with E-state index in [0.29, 0.717) is 59.4 Å². The highest BCUT2D eigenvalue weighted by Crippen LogP contribution is 2.32. The summed E-state index contributed by atoms with van der Waals surface area (Å²) < 4.78 is 7.15. The van der Waals surface area contributed by atoms with Gasteiger partial charge in [0.25, 0.3) is 5.91 Å². The maximum Gasteiger partial charge on any atom is 0.286 e. The molecule has 0 bridgehead atoms. The molecule has 0 radical (unpaired) electrons. The minimum atomic E-state index is -0.326. The molecule has 0 atom stereocenters. The lowest BCUT2D eigenvalue weighted by Gasteiger charge is -2.27. The molecule has 4 heterocycles. The van der Waals surface area contributed by atoms with Gasteiger partial charge in [0.2, 0.25) is 5.95 Å². The lowest BCUT2D eigenvalue weighted by atomic mass is 10.0. The number of nitrogens with zero attached hydrogens (tertiary/aromatic N) is 8. The minimum absolute atomic E-state index is 0.150. The first-order valence-electron chi connectivity index (χ1n) is 13.6. The van der Waals surface area contributed by atoms with Crippen LogP contribution in [0.3, 0.4) is 0 Å². The van der Waals surface area contributed by atoms with Crippen LogP contribution in [0.25, 0.3) is 22.5 Å². The number of hydrazine groups is 1. The van der Waals surface area contributed by atoms with Gasteiger partial charge in [-0.1, -0.05) is 59.0 Å². The van der Waals surface area contributed by atoms with E-state index in [1.54, 1.807) is 28.9 Å². The second-order valence-electron chi connectivity index (χ2n) is 9.95. The third-order valence-electron chi connectivity index (χ3n) is 7.14. The molecule has 1 N–H and O–H groups in total. The first-order valence-corrected chi connectivity index (χ1v) is 14.4. The Kier molecular flexibility index (Phi) is 8.38. The molecule has 2 aromatic carbocycles. The number of carbonyl (C=O) groups excluding carboxylic acids is 1. The predicted octanol–water partition coefficient (Wildman–Crippen LogP) is 4.12. The number of morpholine rings is 1. The zero-order valence-corrected chi connectivity index (χ0v) is 23.9. The van der Waals surface area contributed by atoms with Crippen LogP contribution in [-0.4, -0.2) is 80.5 Å². The molecule has 0 spiro atoms. The number of benzene rings is 2. The van der Waals surface area contributed by atoms with Gasteiger partial charge in [0.15, 0.2) is 5.69 Å². The molecule has 2 aromatic heterocycles. The van der Waals surface area contributed by atoms with Crippen LogP contribution in [0.2, 0.25) is 10.0 Å². The van der Waals surface area contributed by atoms with E-state index in [9.17, 15) is 4.79 Å². The Morgan fingerprint density at radius 2 is 1.44 bits per heavy atom. The molecule has 2 aliphatic rings. The third-order valence-corrected chi connectivity index (χ3v) is 7.64.